The zero-order chi connectivity index (χ0) is 23.1. The van der Waals surface area contributed by atoms with E-state index < -0.39 is 28.5 Å². The van der Waals surface area contributed by atoms with Gasteiger partial charge in [0.15, 0.2) is 6.61 Å². The van der Waals surface area contributed by atoms with E-state index in [1.807, 2.05) is 0 Å². The molecule has 2 amide bonds. The first-order chi connectivity index (χ1) is 15.3. The fourth-order valence-corrected chi connectivity index (χ4v) is 5.72. The zero-order valence-electron chi connectivity index (χ0n) is 18.5. The molecule has 10 heteroatoms. The van der Waals surface area contributed by atoms with Crippen molar-refractivity contribution in [2.45, 2.75) is 56.8 Å². The maximum Gasteiger partial charge on any atom is 0.326 e. The van der Waals surface area contributed by atoms with E-state index in [1.54, 1.807) is 19.1 Å². The second-order valence-electron chi connectivity index (χ2n) is 8.28. The van der Waals surface area contributed by atoms with Gasteiger partial charge in [0.2, 0.25) is 15.9 Å². The Balaban J connectivity index is 1.56. The van der Waals surface area contributed by atoms with Gasteiger partial charge in [-0.3, -0.25) is 14.4 Å². The van der Waals surface area contributed by atoms with Crippen molar-refractivity contribution in [3.63, 3.8) is 0 Å². The molecule has 0 unspecified atom stereocenters. The summed E-state index contributed by atoms with van der Waals surface area (Å²) in [5, 5.41) is 2.58. The smallest absolute Gasteiger partial charge is 0.326 e. The number of hydrogen-bond donors (Lipinski definition) is 1. The number of hydrogen-bond acceptors (Lipinski definition) is 6. The van der Waals surface area contributed by atoms with E-state index in [4.69, 9.17) is 4.74 Å². The lowest BCUT2D eigenvalue weighted by Gasteiger charge is -2.26. The molecule has 9 nitrogen and oxygen atoms in total. The molecule has 2 aliphatic rings. The number of benzene rings is 1. The number of piperidine rings is 1. The number of nitrogens with one attached hydrogen (secondary N) is 1. The van der Waals surface area contributed by atoms with Gasteiger partial charge in [0, 0.05) is 31.7 Å². The molecule has 0 spiro atoms. The van der Waals surface area contributed by atoms with Crippen molar-refractivity contribution in [3.05, 3.63) is 23.8 Å². The number of rotatable bonds is 7. The predicted octanol–water partition coefficient (Wildman–Crippen LogP) is 2.05. The van der Waals surface area contributed by atoms with Crippen molar-refractivity contribution < 1.29 is 27.5 Å². The van der Waals surface area contributed by atoms with Crippen LogP contribution < -0.4 is 5.32 Å². The molecule has 176 valence electrons. The highest BCUT2D eigenvalue weighted by Gasteiger charge is 2.28. The Morgan fingerprint density at radius 3 is 2.47 bits per heavy atom. The predicted molar refractivity (Wildman–Crippen MR) is 118 cm³/mol. The standard InChI is InChI=1S/C22H31N3O6S/c1-17-9-10-18(14-19(17)32(29,30)25-12-6-3-7-13-25)23-20(26)16-31-22(28)15-24-11-5-2-4-8-21(24)27/h9-10,14H,2-8,11-13,15-16H2,1H3,(H,23,26). The average Bonchev–Trinajstić information content (AvgIpc) is 2.98. The highest BCUT2D eigenvalue weighted by Crippen LogP contribution is 2.26. The first-order valence-electron chi connectivity index (χ1n) is 11.1. The SMILES string of the molecule is Cc1ccc(NC(=O)COC(=O)CN2CCCCCC2=O)cc1S(=O)(=O)N1CCCCC1. The van der Waals surface area contributed by atoms with Gasteiger partial charge in [0.25, 0.3) is 5.91 Å². The molecular weight excluding hydrogens is 434 g/mol. The summed E-state index contributed by atoms with van der Waals surface area (Å²) in [6.07, 6.45) is 5.72. The number of carbonyl (C=O) groups excluding carboxylic acids is 3. The van der Waals surface area contributed by atoms with E-state index >= 15 is 0 Å². The Hall–Kier alpha value is -2.46. The van der Waals surface area contributed by atoms with E-state index in [1.165, 1.54) is 15.3 Å². The molecule has 0 aromatic heterocycles. The second-order valence-corrected chi connectivity index (χ2v) is 10.2. The number of likely N-dealkylation sites (tertiary alicyclic amines) is 1. The van der Waals surface area contributed by atoms with Crippen LogP contribution >= 0.6 is 0 Å². The van der Waals surface area contributed by atoms with Crippen molar-refractivity contribution >= 4 is 33.5 Å². The van der Waals surface area contributed by atoms with Gasteiger partial charge in [-0.15, -0.1) is 0 Å². The number of sulfonamides is 1. The monoisotopic (exact) mass is 465 g/mol. The average molecular weight is 466 g/mol. The number of ether oxygens (including phenoxy) is 1. The lowest BCUT2D eigenvalue weighted by Crippen LogP contribution is -2.36. The van der Waals surface area contributed by atoms with Gasteiger partial charge in [-0.2, -0.15) is 4.31 Å². The molecule has 2 aliphatic heterocycles. The van der Waals surface area contributed by atoms with Crippen LogP contribution in [0.5, 0.6) is 0 Å². The van der Waals surface area contributed by atoms with Crippen molar-refractivity contribution in [1.82, 2.24) is 9.21 Å². The third kappa shape index (κ3) is 6.29. The summed E-state index contributed by atoms with van der Waals surface area (Å²) < 4.78 is 32.5. The van der Waals surface area contributed by atoms with E-state index in [0.717, 1.165) is 38.5 Å². The van der Waals surface area contributed by atoms with Gasteiger partial charge >= 0.3 is 5.97 Å². The van der Waals surface area contributed by atoms with E-state index in [0.29, 0.717) is 37.3 Å². The Kier molecular flexibility index (Phi) is 8.25. The number of aryl methyl sites for hydroxylation is 1. The molecule has 0 radical (unpaired) electrons. The van der Waals surface area contributed by atoms with Gasteiger partial charge in [0.1, 0.15) is 6.54 Å². The van der Waals surface area contributed by atoms with Gasteiger partial charge in [0.05, 0.1) is 4.90 Å². The van der Waals surface area contributed by atoms with Crippen LogP contribution in [0.4, 0.5) is 5.69 Å². The number of esters is 1. The summed E-state index contributed by atoms with van der Waals surface area (Å²) in [5.41, 5.74) is 0.914. The molecule has 2 saturated heterocycles. The molecule has 0 saturated carbocycles. The molecular formula is C22H31N3O6S. The summed E-state index contributed by atoms with van der Waals surface area (Å²) >= 11 is 0. The zero-order valence-corrected chi connectivity index (χ0v) is 19.3. The van der Waals surface area contributed by atoms with Gasteiger partial charge in [-0.25, -0.2) is 8.42 Å². The van der Waals surface area contributed by atoms with Crippen molar-refractivity contribution in [2.75, 3.05) is 38.1 Å². The number of carbonyl (C=O) groups is 3. The minimum Gasteiger partial charge on any atom is -0.454 e. The highest BCUT2D eigenvalue weighted by molar-refractivity contribution is 7.89. The van der Waals surface area contributed by atoms with E-state index in [2.05, 4.69) is 5.32 Å². The quantitative estimate of drug-likeness (QED) is 0.617. The maximum atomic E-state index is 13.0. The Morgan fingerprint density at radius 1 is 1.03 bits per heavy atom. The lowest BCUT2D eigenvalue weighted by atomic mass is 10.2. The largest absolute Gasteiger partial charge is 0.454 e. The molecule has 1 aromatic rings. The molecule has 1 aromatic carbocycles. The Morgan fingerprint density at radius 2 is 1.72 bits per heavy atom. The fraction of sp³-hybridized carbons (Fsp3) is 0.591. The third-order valence-electron chi connectivity index (χ3n) is 5.76. The Bertz CT molecular complexity index is 956. The van der Waals surface area contributed by atoms with Gasteiger partial charge in [-0.05, 0) is 50.3 Å². The first kappa shape index (κ1) is 24.2. The minimum absolute atomic E-state index is 0.0778. The molecule has 32 heavy (non-hydrogen) atoms. The lowest BCUT2D eigenvalue weighted by molar-refractivity contribution is -0.151. The summed E-state index contributed by atoms with van der Waals surface area (Å²) in [7, 11) is -3.64. The molecule has 2 fully saturated rings. The molecule has 0 atom stereocenters. The normalized spacial score (nSPS) is 18.2. The van der Waals surface area contributed by atoms with Crippen LogP contribution in [0.15, 0.2) is 23.1 Å². The first-order valence-corrected chi connectivity index (χ1v) is 12.6. The van der Waals surface area contributed by atoms with Crippen LogP contribution in [-0.2, 0) is 29.1 Å². The highest BCUT2D eigenvalue weighted by atomic mass is 32.2. The van der Waals surface area contributed by atoms with Crippen LogP contribution in [-0.4, -0.2) is 68.2 Å². The summed E-state index contributed by atoms with van der Waals surface area (Å²) in [6, 6.07) is 4.69. The molecule has 1 N–H and O–H groups in total. The van der Waals surface area contributed by atoms with Crippen molar-refractivity contribution in [2.24, 2.45) is 0 Å². The number of nitrogens with zero attached hydrogens (tertiary/aromatic N) is 2. The second kappa shape index (κ2) is 10.9. The van der Waals surface area contributed by atoms with Gasteiger partial charge in [-0.1, -0.05) is 18.9 Å². The summed E-state index contributed by atoms with van der Waals surface area (Å²) in [5.74, 6) is -1.30. The molecule has 0 aliphatic carbocycles. The van der Waals surface area contributed by atoms with E-state index in [-0.39, 0.29) is 17.3 Å². The Labute approximate surface area is 189 Å². The molecule has 3 rings (SSSR count). The third-order valence-corrected chi connectivity index (χ3v) is 7.80. The topological polar surface area (TPSA) is 113 Å². The van der Waals surface area contributed by atoms with Crippen molar-refractivity contribution in [3.8, 4) is 0 Å². The van der Waals surface area contributed by atoms with Gasteiger partial charge < -0.3 is 15.0 Å². The summed E-state index contributed by atoms with van der Waals surface area (Å²) in [6.45, 7) is 2.53. The number of anilines is 1. The fourth-order valence-electron chi connectivity index (χ4n) is 3.95. The van der Waals surface area contributed by atoms with Crippen LogP contribution in [0.1, 0.15) is 50.5 Å². The molecule has 0 bridgehead atoms. The maximum absolute atomic E-state index is 13.0. The minimum atomic E-state index is -3.64. The number of amides is 2. The molecule has 2 heterocycles. The van der Waals surface area contributed by atoms with Crippen LogP contribution in [0.25, 0.3) is 0 Å². The van der Waals surface area contributed by atoms with Crippen LogP contribution in [0.2, 0.25) is 0 Å². The van der Waals surface area contributed by atoms with Crippen LogP contribution in [0.3, 0.4) is 0 Å². The van der Waals surface area contributed by atoms with Crippen molar-refractivity contribution in [1.29, 1.82) is 0 Å². The van der Waals surface area contributed by atoms with Crippen LogP contribution in [0, 0.1) is 6.92 Å². The van der Waals surface area contributed by atoms with E-state index in [9.17, 15) is 22.8 Å². The summed E-state index contributed by atoms with van der Waals surface area (Å²) in [4.78, 5) is 37.9.